The smallest absolute Gasteiger partial charge is 0.229 e. The quantitative estimate of drug-likeness (QED) is 0.926. The number of benzene rings is 1. The van der Waals surface area contributed by atoms with Crippen molar-refractivity contribution in [1.82, 2.24) is 4.98 Å². The fourth-order valence-corrected chi connectivity index (χ4v) is 3.14. The van der Waals surface area contributed by atoms with Crippen LogP contribution in [0.5, 0.6) is 0 Å². The molecule has 1 saturated heterocycles. The van der Waals surface area contributed by atoms with Crippen molar-refractivity contribution in [2.45, 2.75) is 39.0 Å². The van der Waals surface area contributed by atoms with Crippen molar-refractivity contribution in [3.8, 4) is 0 Å². The molecule has 0 bridgehead atoms. The molecule has 0 atom stereocenters. The number of hydrogen-bond acceptors (Lipinski definition) is 3. The molecule has 4 heteroatoms. The highest BCUT2D eigenvalue weighted by Crippen LogP contribution is 2.20. The van der Waals surface area contributed by atoms with E-state index in [0.29, 0.717) is 12.2 Å². The lowest BCUT2D eigenvalue weighted by molar-refractivity contribution is -0.115. The van der Waals surface area contributed by atoms with E-state index < -0.39 is 0 Å². The Morgan fingerprint density at radius 3 is 2.50 bits per heavy atom. The summed E-state index contributed by atoms with van der Waals surface area (Å²) in [5.41, 5.74) is 3.34. The maximum absolute atomic E-state index is 12.2. The minimum Gasteiger partial charge on any atom is -0.370 e. The van der Waals surface area contributed by atoms with Crippen LogP contribution in [0.2, 0.25) is 0 Å². The van der Waals surface area contributed by atoms with Crippen molar-refractivity contribution in [2.75, 3.05) is 23.3 Å². The lowest BCUT2D eigenvalue weighted by Crippen LogP contribution is -2.24. The fourth-order valence-electron chi connectivity index (χ4n) is 3.14. The van der Waals surface area contributed by atoms with E-state index in [0.717, 1.165) is 29.9 Å². The Bertz CT molecular complexity index is 674. The van der Waals surface area contributed by atoms with Gasteiger partial charge in [0, 0.05) is 13.1 Å². The van der Waals surface area contributed by atoms with Gasteiger partial charge >= 0.3 is 0 Å². The first kappa shape index (κ1) is 16.5. The lowest BCUT2D eigenvalue weighted by atomic mass is 10.1. The van der Waals surface area contributed by atoms with Crippen LogP contribution in [0.1, 0.15) is 36.8 Å². The largest absolute Gasteiger partial charge is 0.370 e. The van der Waals surface area contributed by atoms with Crippen LogP contribution >= 0.6 is 0 Å². The summed E-state index contributed by atoms with van der Waals surface area (Å²) >= 11 is 0. The number of carbonyl (C=O) groups excluding carboxylic acids is 1. The molecule has 1 aliphatic heterocycles. The molecule has 2 heterocycles. The molecule has 1 aromatic heterocycles. The van der Waals surface area contributed by atoms with E-state index in [1.165, 1.54) is 25.7 Å². The number of hydrogen-bond donors (Lipinski definition) is 1. The standard InChI is InChI=1S/C20H25N3O/c1-16-8-4-5-9-17(16)14-20(24)22-19-11-10-18(15-21-19)23-12-6-2-3-7-13-23/h4-5,8-11,15H,2-3,6-7,12-14H2,1H3,(H,21,22,24). The molecule has 24 heavy (non-hydrogen) atoms. The van der Waals surface area contributed by atoms with Crippen LogP contribution < -0.4 is 10.2 Å². The van der Waals surface area contributed by atoms with Crippen molar-refractivity contribution >= 4 is 17.4 Å². The molecule has 4 nitrogen and oxygen atoms in total. The Morgan fingerprint density at radius 1 is 1.08 bits per heavy atom. The SMILES string of the molecule is Cc1ccccc1CC(=O)Nc1ccc(N2CCCCCC2)cn1. The second-order valence-corrected chi connectivity index (χ2v) is 6.45. The first-order valence-electron chi connectivity index (χ1n) is 8.78. The summed E-state index contributed by atoms with van der Waals surface area (Å²) in [6.45, 7) is 4.22. The first-order valence-corrected chi connectivity index (χ1v) is 8.78. The zero-order valence-electron chi connectivity index (χ0n) is 14.3. The molecule has 2 aromatic rings. The number of anilines is 2. The fraction of sp³-hybridized carbons (Fsp3) is 0.400. The van der Waals surface area contributed by atoms with Gasteiger partial charge in [-0.05, 0) is 43.0 Å². The minimum absolute atomic E-state index is 0.0284. The number of amides is 1. The predicted molar refractivity (Wildman–Crippen MR) is 98.4 cm³/mol. The van der Waals surface area contributed by atoms with Crippen LogP contribution in [-0.4, -0.2) is 24.0 Å². The molecule has 126 valence electrons. The molecule has 1 amide bonds. The van der Waals surface area contributed by atoms with Crippen molar-refractivity contribution < 1.29 is 4.79 Å². The minimum atomic E-state index is -0.0284. The van der Waals surface area contributed by atoms with Gasteiger partial charge in [-0.15, -0.1) is 0 Å². The first-order chi connectivity index (χ1) is 11.7. The number of carbonyl (C=O) groups is 1. The van der Waals surface area contributed by atoms with E-state index in [1.54, 1.807) is 0 Å². The molecular formula is C20H25N3O. The van der Waals surface area contributed by atoms with Gasteiger partial charge in [0.1, 0.15) is 5.82 Å². The molecule has 0 aliphatic carbocycles. The van der Waals surface area contributed by atoms with Crippen LogP contribution in [0.25, 0.3) is 0 Å². The van der Waals surface area contributed by atoms with Crippen LogP contribution in [0.15, 0.2) is 42.6 Å². The number of pyridine rings is 1. The van der Waals surface area contributed by atoms with Gasteiger partial charge in [0.05, 0.1) is 18.3 Å². The maximum Gasteiger partial charge on any atom is 0.229 e. The summed E-state index contributed by atoms with van der Waals surface area (Å²) < 4.78 is 0. The van der Waals surface area contributed by atoms with Crippen LogP contribution in [0.4, 0.5) is 11.5 Å². The van der Waals surface area contributed by atoms with Crippen molar-refractivity contribution in [3.05, 3.63) is 53.7 Å². The van der Waals surface area contributed by atoms with Gasteiger partial charge in [-0.1, -0.05) is 37.1 Å². The van der Waals surface area contributed by atoms with Gasteiger partial charge in [-0.25, -0.2) is 4.98 Å². The predicted octanol–water partition coefficient (Wildman–Crippen LogP) is 3.95. The van der Waals surface area contributed by atoms with E-state index in [1.807, 2.05) is 43.5 Å². The number of aromatic nitrogens is 1. The molecule has 0 radical (unpaired) electrons. The second-order valence-electron chi connectivity index (χ2n) is 6.45. The van der Waals surface area contributed by atoms with Crippen LogP contribution in [-0.2, 0) is 11.2 Å². The molecule has 1 aliphatic rings. The van der Waals surface area contributed by atoms with Crippen LogP contribution in [0.3, 0.4) is 0 Å². The highest BCUT2D eigenvalue weighted by molar-refractivity contribution is 5.91. The molecule has 3 rings (SSSR count). The molecule has 1 fully saturated rings. The Morgan fingerprint density at radius 2 is 1.83 bits per heavy atom. The van der Waals surface area contributed by atoms with Gasteiger partial charge in [0.25, 0.3) is 0 Å². The Labute approximate surface area is 143 Å². The summed E-state index contributed by atoms with van der Waals surface area (Å²) in [7, 11) is 0. The molecule has 0 saturated carbocycles. The van der Waals surface area contributed by atoms with E-state index in [9.17, 15) is 4.79 Å². The molecule has 0 spiro atoms. The van der Waals surface area contributed by atoms with Crippen LogP contribution in [0, 0.1) is 6.92 Å². The van der Waals surface area contributed by atoms with Gasteiger partial charge in [0.15, 0.2) is 0 Å². The highest BCUT2D eigenvalue weighted by Gasteiger charge is 2.11. The second kappa shape index (κ2) is 7.95. The maximum atomic E-state index is 12.2. The Balaban J connectivity index is 1.59. The molecule has 1 aromatic carbocycles. The molecular weight excluding hydrogens is 298 g/mol. The Hall–Kier alpha value is -2.36. The number of aryl methyl sites for hydroxylation is 1. The zero-order chi connectivity index (χ0) is 16.8. The van der Waals surface area contributed by atoms with Crippen molar-refractivity contribution in [2.24, 2.45) is 0 Å². The molecule has 0 unspecified atom stereocenters. The highest BCUT2D eigenvalue weighted by atomic mass is 16.1. The van der Waals surface area contributed by atoms with Gasteiger partial charge in [-0.3, -0.25) is 4.79 Å². The monoisotopic (exact) mass is 323 g/mol. The third-order valence-electron chi connectivity index (χ3n) is 4.60. The zero-order valence-corrected chi connectivity index (χ0v) is 14.3. The third kappa shape index (κ3) is 4.34. The normalized spacial score (nSPS) is 15.0. The third-order valence-corrected chi connectivity index (χ3v) is 4.60. The molecule has 1 N–H and O–H groups in total. The van der Waals surface area contributed by atoms with E-state index in [4.69, 9.17) is 0 Å². The van der Waals surface area contributed by atoms with Gasteiger partial charge < -0.3 is 10.2 Å². The average molecular weight is 323 g/mol. The lowest BCUT2D eigenvalue weighted by Gasteiger charge is -2.22. The number of rotatable bonds is 4. The van der Waals surface area contributed by atoms with Gasteiger partial charge in [0.2, 0.25) is 5.91 Å². The topological polar surface area (TPSA) is 45.2 Å². The van der Waals surface area contributed by atoms with E-state index in [2.05, 4.69) is 21.3 Å². The Kier molecular flexibility index (Phi) is 5.47. The number of nitrogens with zero attached hydrogens (tertiary/aromatic N) is 2. The summed E-state index contributed by atoms with van der Waals surface area (Å²) in [6.07, 6.45) is 7.37. The van der Waals surface area contributed by atoms with Gasteiger partial charge in [-0.2, -0.15) is 0 Å². The summed E-state index contributed by atoms with van der Waals surface area (Å²) in [5, 5.41) is 2.89. The van der Waals surface area contributed by atoms with E-state index >= 15 is 0 Å². The summed E-state index contributed by atoms with van der Waals surface area (Å²) in [4.78, 5) is 19.0. The van der Waals surface area contributed by atoms with Crippen molar-refractivity contribution in [3.63, 3.8) is 0 Å². The average Bonchev–Trinajstić information content (AvgIpc) is 2.87. The summed E-state index contributed by atoms with van der Waals surface area (Å²) in [5.74, 6) is 0.589. The van der Waals surface area contributed by atoms with E-state index in [-0.39, 0.29) is 5.91 Å². The summed E-state index contributed by atoms with van der Waals surface area (Å²) in [6, 6.07) is 11.9. The van der Waals surface area contributed by atoms with Crippen molar-refractivity contribution in [1.29, 1.82) is 0 Å². The number of nitrogens with one attached hydrogen (secondary N) is 1.